The van der Waals surface area contributed by atoms with Crippen LogP contribution in [-0.4, -0.2) is 5.33 Å². The Morgan fingerprint density at radius 2 is 1.73 bits per heavy atom. The Balaban J connectivity index is 0.000001000. The summed E-state index contributed by atoms with van der Waals surface area (Å²) in [4.78, 5) is 0. The van der Waals surface area contributed by atoms with Gasteiger partial charge in [0.1, 0.15) is 0 Å². The molecular formula is C8H11Br2N. The smallest absolute Gasteiger partial charge is 0.0314 e. The molecule has 62 valence electrons. The zero-order chi connectivity index (χ0) is 7.40. The van der Waals surface area contributed by atoms with Crippen LogP contribution in [0.15, 0.2) is 24.3 Å². The Morgan fingerprint density at radius 3 is 2.18 bits per heavy atom. The molecule has 3 heteroatoms. The van der Waals surface area contributed by atoms with Gasteiger partial charge in [0.05, 0.1) is 0 Å². The normalized spacial score (nSPS) is 8.82. The van der Waals surface area contributed by atoms with Crippen molar-refractivity contribution in [2.45, 2.75) is 6.42 Å². The second-order valence-electron chi connectivity index (χ2n) is 2.18. The Kier molecular flexibility index (Phi) is 5.60. The van der Waals surface area contributed by atoms with Gasteiger partial charge in [0.2, 0.25) is 0 Å². The van der Waals surface area contributed by atoms with Crippen molar-refractivity contribution in [2.75, 3.05) is 11.1 Å². The molecule has 1 aromatic carbocycles. The molecule has 0 radical (unpaired) electrons. The Hall–Kier alpha value is -0.0200. The third-order valence-electron chi connectivity index (χ3n) is 1.36. The van der Waals surface area contributed by atoms with Gasteiger partial charge in [0.25, 0.3) is 0 Å². The van der Waals surface area contributed by atoms with E-state index >= 15 is 0 Å². The Morgan fingerprint density at radius 1 is 1.18 bits per heavy atom. The van der Waals surface area contributed by atoms with Crippen LogP contribution in [0.25, 0.3) is 0 Å². The number of nitrogens with two attached hydrogens (primary N) is 1. The maximum absolute atomic E-state index is 5.51. The monoisotopic (exact) mass is 279 g/mol. The van der Waals surface area contributed by atoms with Gasteiger partial charge in [-0.1, -0.05) is 28.1 Å². The maximum Gasteiger partial charge on any atom is 0.0314 e. The molecule has 0 amide bonds. The van der Waals surface area contributed by atoms with E-state index in [0.29, 0.717) is 0 Å². The predicted octanol–water partition coefficient (Wildman–Crippen LogP) is 2.78. The first-order valence-electron chi connectivity index (χ1n) is 3.23. The summed E-state index contributed by atoms with van der Waals surface area (Å²) in [5, 5.41) is 1.01. The maximum atomic E-state index is 5.51. The number of rotatable bonds is 2. The molecule has 0 unspecified atom stereocenters. The average Bonchev–Trinajstić information content (AvgIpc) is 1.95. The van der Waals surface area contributed by atoms with Crippen molar-refractivity contribution in [1.82, 2.24) is 0 Å². The molecule has 0 aliphatic carbocycles. The van der Waals surface area contributed by atoms with Gasteiger partial charge in [-0.3, -0.25) is 0 Å². The lowest BCUT2D eigenvalue weighted by atomic mass is 10.2. The molecule has 0 bridgehead atoms. The lowest BCUT2D eigenvalue weighted by Crippen LogP contribution is -1.87. The van der Waals surface area contributed by atoms with Crippen molar-refractivity contribution in [2.24, 2.45) is 0 Å². The van der Waals surface area contributed by atoms with Gasteiger partial charge in [-0.15, -0.1) is 17.0 Å². The van der Waals surface area contributed by atoms with Crippen molar-refractivity contribution in [1.29, 1.82) is 0 Å². The molecule has 0 saturated heterocycles. The lowest BCUT2D eigenvalue weighted by molar-refractivity contribution is 1.17. The van der Waals surface area contributed by atoms with Crippen LogP contribution in [0.1, 0.15) is 5.56 Å². The van der Waals surface area contributed by atoms with Crippen molar-refractivity contribution in [3.05, 3.63) is 29.8 Å². The molecule has 0 aliphatic heterocycles. The first-order chi connectivity index (χ1) is 4.83. The highest BCUT2D eigenvalue weighted by Gasteiger charge is 1.88. The summed E-state index contributed by atoms with van der Waals surface area (Å²) in [6.45, 7) is 0. The summed E-state index contributed by atoms with van der Waals surface area (Å²) in [6, 6.07) is 7.96. The van der Waals surface area contributed by atoms with E-state index in [-0.39, 0.29) is 17.0 Å². The molecule has 1 nitrogen and oxygen atoms in total. The van der Waals surface area contributed by atoms with Gasteiger partial charge in [-0.25, -0.2) is 0 Å². The van der Waals surface area contributed by atoms with Crippen molar-refractivity contribution >= 4 is 38.6 Å². The van der Waals surface area contributed by atoms with Crippen molar-refractivity contribution in [3.63, 3.8) is 0 Å². The number of anilines is 1. The zero-order valence-electron chi connectivity index (χ0n) is 6.09. The number of hydrogen-bond acceptors (Lipinski definition) is 1. The summed E-state index contributed by atoms with van der Waals surface area (Å²) in [7, 11) is 0. The number of alkyl halides is 1. The average molecular weight is 281 g/mol. The number of aryl methyl sites for hydroxylation is 1. The third kappa shape index (κ3) is 3.77. The van der Waals surface area contributed by atoms with Crippen LogP contribution in [0.2, 0.25) is 0 Å². The van der Waals surface area contributed by atoms with Gasteiger partial charge in [0.15, 0.2) is 0 Å². The highest BCUT2D eigenvalue weighted by molar-refractivity contribution is 9.09. The summed E-state index contributed by atoms with van der Waals surface area (Å²) >= 11 is 3.37. The van der Waals surface area contributed by atoms with Crippen LogP contribution >= 0.6 is 32.9 Å². The molecule has 0 heterocycles. The Bertz CT molecular complexity index is 196. The van der Waals surface area contributed by atoms with Crippen LogP contribution in [0.4, 0.5) is 5.69 Å². The fourth-order valence-corrected chi connectivity index (χ4v) is 1.25. The van der Waals surface area contributed by atoms with Crippen molar-refractivity contribution < 1.29 is 0 Å². The fraction of sp³-hybridized carbons (Fsp3) is 0.250. The minimum Gasteiger partial charge on any atom is -0.399 e. The number of benzene rings is 1. The first-order valence-corrected chi connectivity index (χ1v) is 4.35. The van der Waals surface area contributed by atoms with Crippen molar-refractivity contribution in [3.8, 4) is 0 Å². The topological polar surface area (TPSA) is 26.0 Å². The van der Waals surface area contributed by atoms with Gasteiger partial charge >= 0.3 is 0 Å². The molecule has 0 aromatic heterocycles. The van der Waals surface area contributed by atoms with Crippen LogP contribution in [0.5, 0.6) is 0 Å². The van der Waals surface area contributed by atoms with Gasteiger partial charge < -0.3 is 5.73 Å². The molecule has 0 saturated carbocycles. The largest absolute Gasteiger partial charge is 0.399 e. The molecule has 0 aliphatic rings. The summed E-state index contributed by atoms with van der Waals surface area (Å²) in [5.74, 6) is 0. The second kappa shape index (κ2) is 5.61. The Labute approximate surface area is 85.9 Å². The SMILES string of the molecule is Br.Nc1ccc(CCBr)cc1. The van der Waals surface area contributed by atoms with E-state index in [1.807, 2.05) is 12.1 Å². The first kappa shape index (κ1) is 11.0. The second-order valence-corrected chi connectivity index (χ2v) is 2.97. The summed E-state index contributed by atoms with van der Waals surface area (Å²) in [6.07, 6.45) is 1.07. The van der Waals surface area contributed by atoms with E-state index in [2.05, 4.69) is 28.1 Å². The van der Waals surface area contributed by atoms with E-state index in [4.69, 9.17) is 5.73 Å². The van der Waals surface area contributed by atoms with Crippen LogP contribution in [-0.2, 0) is 6.42 Å². The fourth-order valence-electron chi connectivity index (χ4n) is 0.793. The van der Waals surface area contributed by atoms with E-state index < -0.39 is 0 Å². The highest BCUT2D eigenvalue weighted by Crippen LogP contribution is 2.06. The number of hydrogen-bond donors (Lipinski definition) is 1. The molecule has 0 spiro atoms. The predicted molar refractivity (Wildman–Crippen MR) is 58.7 cm³/mol. The molecular weight excluding hydrogens is 270 g/mol. The molecule has 11 heavy (non-hydrogen) atoms. The quantitative estimate of drug-likeness (QED) is 0.654. The zero-order valence-corrected chi connectivity index (χ0v) is 9.39. The molecule has 0 atom stereocenters. The summed E-state index contributed by atoms with van der Waals surface area (Å²) in [5.41, 5.74) is 7.67. The van der Waals surface area contributed by atoms with Crippen LogP contribution in [0.3, 0.4) is 0 Å². The van der Waals surface area contributed by atoms with E-state index in [1.165, 1.54) is 5.56 Å². The lowest BCUT2D eigenvalue weighted by Gasteiger charge is -1.96. The van der Waals surface area contributed by atoms with E-state index in [9.17, 15) is 0 Å². The molecule has 1 rings (SSSR count). The highest BCUT2D eigenvalue weighted by atomic mass is 79.9. The molecule has 0 fully saturated rings. The molecule has 1 aromatic rings. The van der Waals surface area contributed by atoms with Gasteiger partial charge in [-0.05, 0) is 24.1 Å². The standard InChI is InChI=1S/C8H10BrN.BrH/c9-6-5-7-1-3-8(10)4-2-7;/h1-4H,5-6,10H2;1H. The van der Waals surface area contributed by atoms with Gasteiger partial charge in [0, 0.05) is 11.0 Å². The van der Waals surface area contributed by atoms with E-state index in [0.717, 1.165) is 17.4 Å². The number of halogens is 2. The minimum absolute atomic E-state index is 0. The van der Waals surface area contributed by atoms with E-state index in [1.54, 1.807) is 0 Å². The van der Waals surface area contributed by atoms with Crippen LogP contribution < -0.4 is 5.73 Å². The van der Waals surface area contributed by atoms with Gasteiger partial charge in [-0.2, -0.15) is 0 Å². The summed E-state index contributed by atoms with van der Waals surface area (Å²) < 4.78 is 0. The molecule has 2 N–H and O–H groups in total. The third-order valence-corrected chi connectivity index (χ3v) is 1.76. The number of nitrogen functional groups attached to an aromatic ring is 1. The van der Waals surface area contributed by atoms with Crippen LogP contribution in [0, 0.1) is 0 Å². The minimum atomic E-state index is 0.